The summed E-state index contributed by atoms with van der Waals surface area (Å²) in [7, 11) is 0. The van der Waals surface area contributed by atoms with Crippen molar-refractivity contribution < 1.29 is 24.5 Å². The summed E-state index contributed by atoms with van der Waals surface area (Å²) in [6.45, 7) is 8.18. The predicted molar refractivity (Wildman–Crippen MR) is 135 cm³/mol. The molecule has 4 rings (SSSR count). The van der Waals surface area contributed by atoms with Gasteiger partial charge in [-0.25, -0.2) is 0 Å². The summed E-state index contributed by atoms with van der Waals surface area (Å²) in [5, 5.41) is 22.0. The largest absolute Gasteiger partial charge is 0.512 e. The number of rotatable bonds is 6. The van der Waals surface area contributed by atoms with Crippen LogP contribution in [0, 0.1) is 10.8 Å². The maximum absolute atomic E-state index is 13.3. The minimum atomic E-state index is -0.814. The highest BCUT2D eigenvalue weighted by atomic mass is 16.5. The average molecular weight is 475 g/mol. The van der Waals surface area contributed by atoms with Crippen molar-refractivity contribution in [1.82, 2.24) is 0 Å². The summed E-state index contributed by atoms with van der Waals surface area (Å²) in [5.74, 6) is -0.542. The molecule has 35 heavy (non-hydrogen) atoms. The summed E-state index contributed by atoms with van der Waals surface area (Å²) >= 11 is 0. The van der Waals surface area contributed by atoms with Crippen molar-refractivity contribution in [2.75, 3.05) is 0 Å². The summed E-state index contributed by atoms with van der Waals surface area (Å²) in [5.41, 5.74) is 1.43. The Morgan fingerprint density at radius 3 is 1.69 bits per heavy atom. The van der Waals surface area contributed by atoms with Gasteiger partial charge in [-0.3, -0.25) is 9.59 Å². The van der Waals surface area contributed by atoms with Crippen molar-refractivity contribution in [2.24, 2.45) is 10.8 Å². The number of aliphatic hydroxyl groups is 2. The van der Waals surface area contributed by atoms with Gasteiger partial charge in [-0.2, -0.15) is 0 Å². The van der Waals surface area contributed by atoms with E-state index >= 15 is 0 Å². The fraction of sp³-hybridized carbons (Fsp3) is 0.400. The van der Waals surface area contributed by atoms with Crippen LogP contribution in [0.25, 0.3) is 0 Å². The molecule has 0 spiro atoms. The lowest BCUT2D eigenvalue weighted by atomic mass is 9.67. The third-order valence-corrected chi connectivity index (χ3v) is 6.83. The highest BCUT2D eigenvalue weighted by molar-refractivity contribution is 6.05. The van der Waals surface area contributed by atoms with E-state index in [0.29, 0.717) is 30.8 Å². The molecule has 0 aromatic heterocycles. The van der Waals surface area contributed by atoms with E-state index in [9.17, 15) is 19.8 Å². The highest BCUT2D eigenvalue weighted by Gasteiger charge is 2.43. The van der Waals surface area contributed by atoms with Gasteiger partial charge in [-0.15, -0.1) is 0 Å². The van der Waals surface area contributed by atoms with Crippen LogP contribution in [0.3, 0.4) is 0 Å². The molecule has 0 heterocycles. The molecular weight excluding hydrogens is 440 g/mol. The van der Waals surface area contributed by atoms with E-state index in [1.54, 1.807) is 12.1 Å². The predicted octanol–water partition coefficient (Wildman–Crippen LogP) is 6.75. The molecule has 2 aromatic carbocycles. The van der Waals surface area contributed by atoms with Crippen LogP contribution in [0.4, 0.5) is 0 Å². The first-order valence-electron chi connectivity index (χ1n) is 12.1. The summed E-state index contributed by atoms with van der Waals surface area (Å²) in [6.07, 6.45) is 1.23. The number of carbonyl (C=O) groups excluding carboxylic acids is 2. The maximum Gasteiger partial charge on any atom is 0.163 e. The van der Waals surface area contributed by atoms with E-state index in [2.05, 4.69) is 0 Å². The zero-order chi connectivity index (χ0) is 25.4. The number of hydrogen-bond acceptors (Lipinski definition) is 5. The maximum atomic E-state index is 13.3. The molecule has 5 nitrogen and oxygen atoms in total. The minimum absolute atomic E-state index is 0.00131. The Morgan fingerprint density at radius 2 is 1.23 bits per heavy atom. The molecule has 0 fully saturated rings. The van der Waals surface area contributed by atoms with Crippen molar-refractivity contribution in [3.8, 4) is 5.75 Å². The molecule has 2 aromatic rings. The first-order chi connectivity index (χ1) is 16.5. The SMILES string of the molecule is CC1(C)CC(=O)C(C(C2=C(O)CC(C)(C)CC2=O)c2ccc(OCc3ccccc3)cc2)=C(O)C1. The van der Waals surface area contributed by atoms with E-state index in [0.717, 1.165) is 5.56 Å². The lowest BCUT2D eigenvalue weighted by Gasteiger charge is -2.36. The topological polar surface area (TPSA) is 83.8 Å². The van der Waals surface area contributed by atoms with E-state index in [-0.39, 0.29) is 57.9 Å². The van der Waals surface area contributed by atoms with Crippen LogP contribution in [0.2, 0.25) is 0 Å². The van der Waals surface area contributed by atoms with Gasteiger partial charge in [0, 0.05) is 42.7 Å². The smallest absolute Gasteiger partial charge is 0.163 e. The molecule has 0 amide bonds. The molecule has 0 saturated heterocycles. The van der Waals surface area contributed by atoms with Crippen molar-refractivity contribution in [2.45, 2.75) is 65.9 Å². The summed E-state index contributed by atoms with van der Waals surface area (Å²) < 4.78 is 5.90. The summed E-state index contributed by atoms with van der Waals surface area (Å²) in [6, 6.07) is 17.1. The Morgan fingerprint density at radius 1 is 0.743 bits per heavy atom. The Balaban J connectivity index is 1.73. The lowest BCUT2D eigenvalue weighted by Crippen LogP contribution is -2.33. The van der Waals surface area contributed by atoms with Gasteiger partial charge in [0.2, 0.25) is 0 Å². The zero-order valence-electron chi connectivity index (χ0n) is 20.9. The molecule has 2 aliphatic carbocycles. The number of carbonyl (C=O) groups is 2. The number of ketones is 2. The molecule has 184 valence electrons. The average Bonchev–Trinajstić information content (AvgIpc) is 2.75. The lowest BCUT2D eigenvalue weighted by molar-refractivity contribution is -0.119. The van der Waals surface area contributed by atoms with Gasteiger partial charge >= 0.3 is 0 Å². The second-order valence-corrected chi connectivity index (χ2v) is 11.4. The van der Waals surface area contributed by atoms with Gasteiger partial charge in [0.05, 0.1) is 0 Å². The standard InChI is InChI=1S/C30H34O5/c1-29(2)14-22(31)27(23(32)15-29)26(28-24(33)16-30(3,4)17-25(28)34)20-10-12-21(13-11-20)35-18-19-8-6-5-7-9-19/h5-13,26,31,33H,14-18H2,1-4H3. The fourth-order valence-electron chi connectivity index (χ4n) is 5.23. The monoisotopic (exact) mass is 474 g/mol. The number of aliphatic hydroxyl groups excluding tert-OH is 2. The van der Waals surface area contributed by atoms with Crippen molar-refractivity contribution >= 4 is 11.6 Å². The minimum Gasteiger partial charge on any atom is -0.512 e. The van der Waals surface area contributed by atoms with Crippen LogP contribution in [0.5, 0.6) is 5.75 Å². The molecule has 0 saturated carbocycles. The number of ether oxygens (including phenoxy) is 1. The van der Waals surface area contributed by atoms with E-state index in [1.807, 2.05) is 70.2 Å². The Hall–Kier alpha value is -3.34. The molecule has 0 bridgehead atoms. The number of benzene rings is 2. The first kappa shape index (κ1) is 24.8. The Bertz CT molecular complexity index is 1130. The number of hydrogen-bond donors (Lipinski definition) is 2. The molecule has 5 heteroatoms. The summed E-state index contributed by atoms with van der Waals surface area (Å²) in [4.78, 5) is 26.6. The van der Waals surface area contributed by atoms with E-state index in [1.165, 1.54) is 0 Å². The van der Waals surface area contributed by atoms with Crippen LogP contribution in [-0.2, 0) is 16.2 Å². The molecule has 0 unspecified atom stereocenters. The second-order valence-electron chi connectivity index (χ2n) is 11.4. The van der Waals surface area contributed by atoms with Gasteiger partial charge in [0.15, 0.2) is 11.6 Å². The van der Waals surface area contributed by atoms with Crippen LogP contribution in [0.1, 0.15) is 70.4 Å². The normalized spacial score (nSPS) is 19.9. The van der Waals surface area contributed by atoms with Crippen LogP contribution in [-0.4, -0.2) is 21.8 Å². The molecule has 0 radical (unpaired) electrons. The number of allylic oxidation sites excluding steroid dienone is 4. The van der Waals surface area contributed by atoms with Crippen molar-refractivity contribution in [3.63, 3.8) is 0 Å². The van der Waals surface area contributed by atoms with Crippen LogP contribution in [0.15, 0.2) is 77.3 Å². The van der Waals surface area contributed by atoms with Gasteiger partial charge in [0.25, 0.3) is 0 Å². The molecular formula is C30H34O5. The van der Waals surface area contributed by atoms with Gasteiger partial charge in [0.1, 0.15) is 23.9 Å². The third-order valence-electron chi connectivity index (χ3n) is 6.83. The molecule has 0 atom stereocenters. The highest BCUT2D eigenvalue weighted by Crippen LogP contribution is 2.48. The third kappa shape index (κ3) is 5.50. The number of Topliss-reactive ketones (excluding diaryl/α,β-unsaturated/α-hetero) is 2. The first-order valence-corrected chi connectivity index (χ1v) is 12.1. The Kier molecular flexibility index (Phi) is 6.63. The molecule has 2 N–H and O–H groups in total. The molecule has 0 aliphatic heterocycles. The van der Waals surface area contributed by atoms with E-state index < -0.39 is 5.92 Å². The van der Waals surface area contributed by atoms with Gasteiger partial charge in [-0.1, -0.05) is 70.2 Å². The van der Waals surface area contributed by atoms with Gasteiger partial charge < -0.3 is 14.9 Å². The van der Waals surface area contributed by atoms with E-state index in [4.69, 9.17) is 4.74 Å². The van der Waals surface area contributed by atoms with Crippen LogP contribution < -0.4 is 4.74 Å². The Labute approximate surface area is 207 Å². The van der Waals surface area contributed by atoms with Crippen LogP contribution >= 0.6 is 0 Å². The van der Waals surface area contributed by atoms with Crippen molar-refractivity contribution in [3.05, 3.63) is 88.4 Å². The quantitative estimate of drug-likeness (QED) is 0.484. The van der Waals surface area contributed by atoms with Gasteiger partial charge in [-0.05, 0) is 34.1 Å². The second kappa shape index (κ2) is 9.37. The van der Waals surface area contributed by atoms with Crippen molar-refractivity contribution in [1.29, 1.82) is 0 Å². The molecule has 2 aliphatic rings. The zero-order valence-corrected chi connectivity index (χ0v) is 20.9. The fourth-order valence-corrected chi connectivity index (χ4v) is 5.23.